The molecule has 0 radical (unpaired) electrons. The molecule has 98 valence electrons. The second-order valence-electron chi connectivity index (χ2n) is 4.21. The summed E-state index contributed by atoms with van der Waals surface area (Å²) in [7, 11) is -4.32. The molecule has 0 aliphatic rings. The fourth-order valence-corrected chi connectivity index (χ4v) is 2.29. The monoisotopic (exact) mass is 274 g/mol. The molecule has 6 heteroatoms. The molecule has 0 saturated heterocycles. The van der Waals surface area contributed by atoms with Crippen molar-refractivity contribution >= 4 is 10.1 Å². The molecule has 0 aromatic rings. The van der Waals surface area contributed by atoms with Crippen molar-refractivity contribution in [2.75, 3.05) is 6.61 Å². The number of hydrogen-bond acceptors (Lipinski definition) is 4. The van der Waals surface area contributed by atoms with Gasteiger partial charge >= 0.3 is 29.6 Å². The fraction of sp³-hybridized carbons (Fsp3) is 1.00. The van der Waals surface area contributed by atoms with Gasteiger partial charge in [0.1, 0.15) is 0 Å². The van der Waals surface area contributed by atoms with Crippen LogP contribution in [0.5, 0.6) is 0 Å². The van der Waals surface area contributed by atoms with E-state index in [1.807, 2.05) is 0 Å². The Hall–Kier alpha value is 0.870. The average Bonchev–Trinajstić information content (AvgIpc) is 2.20. The molecule has 17 heavy (non-hydrogen) atoms. The second-order valence-corrected chi connectivity index (χ2v) is 5.86. The van der Waals surface area contributed by atoms with E-state index in [0.29, 0.717) is 6.42 Å². The predicted molar refractivity (Wildman–Crippen MR) is 63.2 cm³/mol. The largest absolute Gasteiger partial charge is 1.00 e. The van der Waals surface area contributed by atoms with Crippen LogP contribution in [0.2, 0.25) is 0 Å². The van der Waals surface area contributed by atoms with E-state index in [2.05, 4.69) is 6.92 Å². The fourth-order valence-electron chi connectivity index (χ4n) is 1.66. The SMILES string of the molecule is CCCCCCCCCC(CO)S(=O)(=O)[O-].[Na+]. The van der Waals surface area contributed by atoms with Crippen molar-refractivity contribution in [1.82, 2.24) is 0 Å². The zero-order chi connectivity index (χ0) is 12.4. The summed E-state index contributed by atoms with van der Waals surface area (Å²) in [6.45, 7) is 1.60. The van der Waals surface area contributed by atoms with Crippen molar-refractivity contribution < 1.29 is 47.6 Å². The van der Waals surface area contributed by atoms with Gasteiger partial charge < -0.3 is 9.66 Å². The first-order chi connectivity index (χ1) is 7.52. The minimum Gasteiger partial charge on any atom is -0.748 e. The third-order valence-corrected chi connectivity index (χ3v) is 3.94. The zero-order valence-electron chi connectivity index (χ0n) is 11.0. The quantitative estimate of drug-likeness (QED) is 0.316. The van der Waals surface area contributed by atoms with Crippen LogP contribution in [0.15, 0.2) is 0 Å². The Balaban J connectivity index is 0. The van der Waals surface area contributed by atoms with Crippen LogP contribution < -0.4 is 29.6 Å². The van der Waals surface area contributed by atoms with Crippen LogP contribution in [0.25, 0.3) is 0 Å². The molecule has 1 atom stereocenters. The summed E-state index contributed by atoms with van der Waals surface area (Å²) in [5, 5.41) is 7.65. The molecule has 4 nitrogen and oxygen atoms in total. The van der Waals surface area contributed by atoms with Crippen LogP contribution in [-0.4, -0.2) is 29.9 Å². The third-order valence-electron chi connectivity index (χ3n) is 2.74. The summed E-state index contributed by atoms with van der Waals surface area (Å²) in [4.78, 5) is 0. The summed E-state index contributed by atoms with van der Waals surface area (Å²) in [6, 6.07) is 0. The maximum absolute atomic E-state index is 10.7. The van der Waals surface area contributed by atoms with Gasteiger partial charge in [-0.1, -0.05) is 51.9 Å². The molecular formula is C11H23NaO4S. The molecule has 0 amide bonds. The van der Waals surface area contributed by atoms with Gasteiger partial charge in [0, 0.05) is 0 Å². The molecule has 0 bridgehead atoms. The van der Waals surface area contributed by atoms with Crippen LogP contribution in [0.3, 0.4) is 0 Å². The Labute approximate surface area is 127 Å². The first-order valence-electron chi connectivity index (χ1n) is 6.08. The second kappa shape index (κ2) is 11.9. The molecule has 0 rings (SSSR count). The Bertz CT molecular complexity index is 254. The van der Waals surface area contributed by atoms with Gasteiger partial charge in [-0.05, 0) is 6.42 Å². The zero-order valence-corrected chi connectivity index (χ0v) is 13.8. The number of unbranched alkanes of at least 4 members (excludes halogenated alkanes) is 6. The third kappa shape index (κ3) is 11.7. The van der Waals surface area contributed by atoms with Crippen molar-refractivity contribution in [3.8, 4) is 0 Å². The van der Waals surface area contributed by atoms with Gasteiger partial charge in [-0.15, -0.1) is 0 Å². The smallest absolute Gasteiger partial charge is 0.748 e. The molecule has 0 saturated carbocycles. The number of rotatable bonds is 10. The average molecular weight is 274 g/mol. The standard InChI is InChI=1S/C11H24O4S.Na/c1-2-3-4-5-6-7-8-9-11(10-12)16(13,14)15;/h11-12H,2-10H2,1H3,(H,13,14,15);/q;+1/p-1. The number of aliphatic hydroxyl groups excluding tert-OH is 1. The van der Waals surface area contributed by atoms with Gasteiger partial charge in [0.05, 0.1) is 22.0 Å². The van der Waals surface area contributed by atoms with Crippen LogP contribution in [0, 0.1) is 0 Å². The Morgan fingerprint density at radius 1 is 1.06 bits per heavy atom. The van der Waals surface area contributed by atoms with Crippen LogP contribution >= 0.6 is 0 Å². The molecular weight excluding hydrogens is 251 g/mol. The van der Waals surface area contributed by atoms with Crippen LogP contribution in [0.1, 0.15) is 58.3 Å². The maximum atomic E-state index is 10.7. The van der Waals surface area contributed by atoms with Crippen LogP contribution in [0.4, 0.5) is 0 Å². The maximum Gasteiger partial charge on any atom is 1.00 e. The Morgan fingerprint density at radius 2 is 1.53 bits per heavy atom. The van der Waals surface area contributed by atoms with Crippen molar-refractivity contribution in [2.24, 2.45) is 0 Å². The molecule has 0 aliphatic heterocycles. The molecule has 0 heterocycles. The van der Waals surface area contributed by atoms with E-state index >= 15 is 0 Å². The van der Waals surface area contributed by atoms with Gasteiger partial charge in [0.25, 0.3) is 0 Å². The molecule has 0 aromatic heterocycles. The van der Waals surface area contributed by atoms with Crippen molar-refractivity contribution in [2.45, 2.75) is 63.5 Å². The van der Waals surface area contributed by atoms with E-state index in [0.717, 1.165) is 12.8 Å². The van der Waals surface area contributed by atoms with E-state index in [-0.39, 0.29) is 36.0 Å². The predicted octanol–water partition coefficient (Wildman–Crippen LogP) is -0.963. The minimum atomic E-state index is -4.32. The number of aliphatic hydroxyl groups is 1. The van der Waals surface area contributed by atoms with Crippen LogP contribution in [-0.2, 0) is 10.1 Å². The van der Waals surface area contributed by atoms with Gasteiger partial charge in [-0.3, -0.25) is 0 Å². The van der Waals surface area contributed by atoms with Gasteiger partial charge in [0.2, 0.25) is 0 Å². The van der Waals surface area contributed by atoms with Gasteiger partial charge in [0.15, 0.2) is 0 Å². The summed E-state index contributed by atoms with van der Waals surface area (Å²) >= 11 is 0. The Morgan fingerprint density at radius 3 is 1.94 bits per heavy atom. The summed E-state index contributed by atoms with van der Waals surface area (Å²) in [5.74, 6) is 0. The molecule has 1 unspecified atom stereocenters. The van der Waals surface area contributed by atoms with Gasteiger partial charge in [-0.2, -0.15) is 0 Å². The van der Waals surface area contributed by atoms with E-state index in [9.17, 15) is 13.0 Å². The topological polar surface area (TPSA) is 77.4 Å². The molecule has 0 spiro atoms. The first-order valence-corrected chi connectivity index (χ1v) is 7.55. The minimum absolute atomic E-state index is 0. The van der Waals surface area contributed by atoms with Crippen molar-refractivity contribution in [3.63, 3.8) is 0 Å². The molecule has 1 N–H and O–H groups in total. The van der Waals surface area contributed by atoms with Crippen molar-refractivity contribution in [1.29, 1.82) is 0 Å². The van der Waals surface area contributed by atoms with Gasteiger partial charge in [-0.25, -0.2) is 8.42 Å². The van der Waals surface area contributed by atoms with Crippen molar-refractivity contribution in [3.05, 3.63) is 0 Å². The van der Waals surface area contributed by atoms with E-state index in [4.69, 9.17) is 5.11 Å². The number of hydrogen-bond donors (Lipinski definition) is 1. The van der Waals surface area contributed by atoms with E-state index < -0.39 is 22.0 Å². The van der Waals surface area contributed by atoms with E-state index in [1.165, 1.54) is 25.7 Å². The first kappa shape index (κ1) is 20.2. The summed E-state index contributed by atoms with van der Waals surface area (Å²) in [6.07, 6.45) is 7.86. The molecule has 0 aliphatic carbocycles. The summed E-state index contributed by atoms with van der Waals surface area (Å²) in [5.41, 5.74) is 0. The molecule has 0 aromatic carbocycles. The normalized spacial score (nSPS) is 13.1. The summed E-state index contributed by atoms with van der Waals surface area (Å²) < 4.78 is 32.0. The van der Waals surface area contributed by atoms with E-state index in [1.54, 1.807) is 0 Å². The Kier molecular flexibility index (Phi) is 14.2. The molecule has 0 fully saturated rings.